The van der Waals surface area contributed by atoms with E-state index in [0.717, 1.165) is 35.7 Å². The fourth-order valence-electron chi connectivity index (χ4n) is 7.18. The Hall–Kier alpha value is -1.11. The van der Waals surface area contributed by atoms with Gasteiger partial charge in [0.25, 0.3) is 0 Å². The van der Waals surface area contributed by atoms with E-state index in [9.17, 15) is 0 Å². The van der Waals surface area contributed by atoms with Gasteiger partial charge in [-0.1, -0.05) is 57.6 Å². The maximum absolute atomic E-state index is 15.3. The van der Waals surface area contributed by atoms with Gasteiger partial charge in [-0.3, -0.25) is 0 Å². The molecule has 172 valence electrons. The van der Waals surface area contributed by atoms with Crippen LogP contribution in [0.2, 0.25) is 0 Å². The number of allylic oxidation sites excluding steroid dienone is 1. The van der Waals surface area contributed by atoms with Gasteiger partial charge in [-0.05, 0) is 117 Å². The molecule has 3 aliphatic carbocycles. The van der Waals surface area contributed by atoms with Crippen LogP contribution in [0.4, 0.5) is 4.39 Å². The van der Waals surface area contributed by atoms with E-state index in [1.54, 1.807) is 0 Å². The molecule has 1 aromatic rings. The number of rotatable bonds is 9. The molecule has 2 saturated carbocycles. The molecule has 1 heteroatoms. The SMILES string of the molecule is C=CCCC1CCC2CC(c3cc4c(cc3F)CC(CCCCCC)CC4)CCC2C1. The van der Waals surface area contributed by atoms with Gasteiger partial charge in [0.15, 0.2) is 0 Å². The lowest BCUT2D eigenvalue weighted by molar-refractivity contribution is 0.114. The first kappa shape index (κ1) is 23.1. The summed E-state index contributed by atoms with van der Waals surface area (Å²) in [7, 11) is 0. The summed E-state index contributed by atoms with van der Waals surface area (Å²) in [6.45, 7) is 6.17. The number of halogens is 1. The van der Waals surface area contributed by atoms with Crippen LogP contribution >= 0.6 is 0 Å². The predicted octanol–water partition coefficient (Wildman–Crippen LogP) is 9.17. The largest absolute Gasteiger partial charge is 0.207 e. The van der Waals surface area contributed by atoms with Gasteiger partial charge in [0.05, 0.1) is 0 Å². The molecule has 0 saturated heterocycles. The number of unbranched alkanes of at least 4 members (excludes halogenated alkanes) is 3. The highest BCUT2D eigenvalue weighted by Crippen LogP contribution is 2.49. The zero-order valence-corrected chi connectivity index (χ0v) is 20.0. The lowest BCUT2D eigenvalue weighted by Gasteiger charge is -2.42. The lowest BCUT2D eigenvalue weighted by atomic mass is 9.63. The van der Waals surface area contributed by atoms with Crippen LogP contribution in [-0.4, -0.2) is 0 Å². The summed E-state index contributed by atoms with van der Waals surface area (Å²) in [5.41, 5.74) is 3.85. The van der Waals surface area contributed by atoms with Crippen molar-refractivity contribution in [2.24, 2.45) is 23.7 Å². The smallest absolute Gasteiger partial charge is 0.126 e. The summed E-state index contributed by atoms with van der Waals surface area (Å²) >= 11 is 0. The third-order valence-electron chi connectivity index (χ3n) is 9.06. The van der Waals surface area contributed by atoms with Crippen LogP contribution in [-0.2, 0) is 12.8 Å². The Morgan fingerprint density at radius 2 is 1.74 bits per heavy atom. The van der Waals surface area contributed by atoms with Gasteiger partial charge in [-0.2, -0.15) is 0 Å². The van der Waals surface area contributed by atoms with E-state index < -0.39 is 0 Å². The first-order chi connectivity index (χ1) is 15.2. The number of hydrogen-bond acceptors (Lipinski definition) is 0. The van der Waals surface area contributed by atoms with E-state index in [1.165, 1.54) is 107 Å². The van der Waals surface area contributed by atoms with E-state index in [1.807, 2.05) is 6.07 Å². The van der Waals surface area contributed by atoms with E-state index in [2.05, 4.69) is 25.6 Å². The molecule has 0 aromatic heterocycles. The summed E-state index contributed by atoms with van der Waals surface area (Å²) in [6, 6.07) is 4.25. The predicted molar refractivity (Wildman–Crippen MR) is 131 cm³/mol. The molecule has 1 aromatic carbocycles. The molecule has 4 rings (SSSR count). The van der Waals surface area contributed by atoms with Crippen LogP contribution in [0.1, 0.15) is 119 Å². The van der Waals surface area contributed by atoms with Crippen LogP contribution in [0.15, 0.2) is 24.8 Å². The Morgan fingerprint density at radius 3 is 2.58 bits per heavy atom. The highest BCUT2D eigenvalue weighted by molar-refractivity contribution is 5.37. The minimum atomic E-state index is 0.105. The molecule has 5 atom stereocenters. The first-order valence-electron chi connectivity index (χ1n) is 13.6. The third kappa shape index (κ3) is 5.82. The van der Waals surface area contributed by atoms with Gasteiger partial charge in [0, 0.05) is 0 Å². The van der Waals surface area contributed by atoms with Crippen molar-refractivity contribution in [3.63, 3.8) is 0 Å². The van der Waals surface area contributed by atoms with E-state index in [0.29, 0.717) is 5.92 Å². The maximum atomic E-state index is 15.3. The monoisotopic (exact) mass is 424 g/mol. The molecule has 0 N–H and O–H groups in total. The molecule has 2 fully saturated rings. The number of hydrogen-bond donors (Lipinski definition) is 0. The Labute approximate surface area is 191 Å². The Morgan fingerprint density at radius 1 is 0.903 bits per heavy atom. The van der Waals surface area contributed by atoms with Crippen molar-refractivity contribution in [3.05, 3.63) is 47.3 Å². The van der Waals surface area contributed by atoms with Crippen LogP contribution in [0.3, 0.4) is 0 Å². The molecule has 31 heavy (non-hydrogen) atoms. The quantitative estimate of drug-likeness (QED) is 0.274. The second-order valence-corrected chi connectivity index (χ2v) is 11.2. The van der Waals surface area contributed by atoms with E-state index in [4.69, 9.17) is 0 Å². The standard InChI is InChI=1S/C30H45F/c1-3-5-7-8-10-23-12-14-26-20-29(30(31)21-28(26)18-23)27-16-15-24-17-22(9-6-4-2)11-13-25(24)19-27/h4,20-25,27H,2-3,5-19H2,1H3. The normalized spacial score (nSPS) is 30.5. The molecule has 0 bridgehead atoms. The van der Waals surface area contributed by atoms with Gasteiger partial charge in [-0.15, -0.1) is 6.58 Å². The van der Waals surface area contributed by atoms with Gasteiger partial charge >= 0.3 is 0 Å². The summed E-state index contributed by atoms with van der Waals surface area (Å²) in [6.07, 6.45) is 22.8. The molecule has 3 aliphatic rings. The van der Waals surface area contributed by atoms with Crippen molar-refractivity contribution < 1.29 is 4.39 Å². The highest BCUT2D eigenvalue weighted by Gasteiger charge is 2.36. The summed E-state index contributed by atoms with van der Waals surface area (Å²) in [5.74, 6) is 3.99. The van der Waals surface area contributed by atoms with E-state index >= 15 is 4.39 Å². The van der Waals surface area contributed by atoms with Crippen molar-refractivity contribution >= 4 is 0 Å². The summed E-state index contributed by atoms with van der Waals surface area (Å²) in [4.78, 5) is 0. The fourth-order valence-corrected chi connectivity index (χ4v) is 7.18. The fraction of sp³-hybridized carbons (Fsp3) is 0.733. The molecule has 0 aliphatic heterocycles. The zero-order chi connectivity index (χ0) is 21.6. The minimum Gasteiger partial charge on any atom is -0.207 e. The first-order valence-corrected chi connectivity index (χ1v) is 13.6. The maximum Gasteiger partial charge on any atom is 0.126 e. The summed E-state index contributed by atoms with van der Waals surface area (Å²) < 4.78 is 15.3. The van der Waals surface area contributed by atoms with Gasteiger partial charge in [0.2, 0.25) is 0 Å². The number of fused-ring (bicyclic) bond motifs is 2. The molecule has 5 unspecified atom stereocenters. The van der Waals surface area contributed by atoms with Crippen LogP contribution < -0.4 is 0 Å². The molecule has 0 amide bonds. The Kier molecular flexibility index (Phi) is 8.30. The van der Waals surface area contributed by atoms with E-state index in [-0.39, 0.29) is 5.82 Å². The lowest BCUT2D eigenvalue weighted by Crippen LogP contribution is -2.30. The minimum absolute atomic E-state index is 0.105. The topological polar surface area (TPSA) is 0 Å². The average Bonchev–Trinajstić information content (AvgIpc) is 2.79. The van der Waals surface area contributed by atoms with Gasteiger partial charge in [-0.25, -0.2) is 4.39 Å². The molecule has 0 heterocycles. The van der Waals surface area contributed by atoms with Crippen molar-refractivity contribution in [2.75, 3.05) is 0 Å². The number of aryl methyl sites for hydroxylation is 1. The second-order valence-electron chi connectivity index (χ2n) is 11.2. The van der Waals surface area contributed by atoms with Crippen molar-refractivity contribution in [2.45, 2.75) is 116 Å². The van der Waals surface area contributed by atoms with Crippen molar-refractivity contribution in [3.8, 4) is 0 Å². The molecule has 0 radical (unpaired) electrons. The van der Waals surface area contributed by atoms with Crippen LogP contribution in [0.25, 0.3) is 0 Å². The van der Waals surface area contributed by atoms with Crippen molar-refractivity contribution in [1.29, 1.82) is 0 Å². The third-order valence-corrected chi connectivity index (χ3v) is 9.06. The zero-order valence-electron chi connectivity index (χ0n) is 20.0. The molecular weight excluding hydrogens is 379 g/mol. The van der Waals surface area contributed by atoms with Gasteiger partial charge < -0.3 is 0 Å². The van der Waals surface area contributed by atoms with Crippen LogP contribution in [0, 0.1) is 29.5 Å². The molecule has 0 nitrogen and oxygen atoms in total. The average molecular weight is 425 g/mol. The van der Waals surface area contributed by atoms with Crippen LogP contribution in [0.5, 0.6) is 0 Å². The van der Waals surface area contributed by atoms with Gasteiger partial charge in [0.1, 0.15) is 5.82 Å². The van der Waals surface area contributed by atoms with Crippen molar-refractivity contribution in [1.82, 2.24) is 0 Å². The number of benzene rings is 1. The Bertz CT molecular complexity index is 719. The molecule has 0 spiro atoms. The molecular formula is C30H45F. The second kappa shape index (κ2) is 11.2. The summed E-state index contributed by atoms with van der Waals surface area (Å²) in [5, 5.41) is 0. The Balaban J connectivity index is 1.35. The highest BCUT2D eigenvalue weighted by atomic mass is 19.1.